The van der Waals surface area contributed by atoms with E-state index >= 15 is 0 Å². The first-order chi connectivity index (χ1) is 38.8. The Balaban J connectivity index is 0.000000279. The number of hydrogen-bond acceptors (Lipinski definition) is 11. The third-order valence-corrected chi connectivity index (χ3v) is 20.3. The predicted molar refractivity (Wildman–Crippen MR) is 297 cm³/mol. The van der Waals surface area contributed by atoms with Crippen LogP contribution in [0.2, 0.25) is 0 Å². The molecule has 0 spiro atoms. The summed E-state index contributed by atoms with van der Waals surface area (Å²) in [6.07, 6.45) is -12.3. The molecule has 14 nitrogen and oxygen atoms in total. The maximum absolute atomic E-state index is 14.2. The summed E-state index contributed by atoms with van der Waals surface area (Å²) < 4.78 is 163. The molecule has 466 valence electrons. The molecule has 0 aromatic heterocycles. The number of aliphatic carboxylic acids is 2. The Kier molecular flexibility index (Phi) is 22.9. The van der Waals surface area contributed by atoms with Crippen LogP contribution in [0.5, 0.6) is 0 Å². The predicted octanol–water partition coefficient (Wildman–Crippen LogP) is 12.6. The minimum atomic E-state index is -5.08. The van der Waals surface area contributed by atoms with Gasteiger partial charge in [-0.3, -0.25) is 19.4 Å². The highest BCUT2D eigenvalue weighted by molar-refractivity contribution is 7.94. The van der Waals surface area contributed by atoms with Gasteiger partial charge in [0.05, 0.1) is 9.79 Å². The van der Waals surface area contributed by atoms with Crippen LogP contribution in [0.15, 0.2) is 107 Å². The van der Waals surface area contributed by atoms with Crippen molar-refractivity contribution in [3.63, 3.8) is 0 Å². The number of halogens is 9. The van der Waals surface area contributed by atoms with Gasteiger partial charge in [0.1, 0.15) is 0 Å². The molecule has 0 radical (unpaired) electrons. The smallest absolute Gasteiger partial charge is 0.480 e. The summed E-state index contributed by atoms with van der Waals surface area (Å²) >= 11 is 0. The number of carboxylic acid groups (broad SMARTS) is 2. The van der Waals surface area contributed by atoms with Crippen molar-refractivity contribution in [1.29, 1.82) is 0 Å². The highest BCUT2D eigenvalue weighted by Gasteiger charge is 2.55. The van der Waals surface area contributed by atoms with E-state index < -0.39 is 84.7 Å². The van der Waals surface area contributed by atoms with Crippen molar-refractivity contribution in [1.82, 2.24) is 15.3 Å². The van der Waals surface area contributed by atoms with Crippen molar-refractivity contribution in [3.05, 3.63) is 108 Å². The second-order valence-electron chi connectivity index (χ2n) is 23.1. The van der Waals surface area contributed by atoms with E-state index in [9.17, 15) is 71.0 Å². The molecule has 25 heteroatoms. The van der Waals surface area contributed by atoms with Crippen molar-refractivity contribution in [2.45, 2.75) is 180 Å². The van der Waals surface area contributed by atoms with Gasteiger partial charge < -0.3 is 14.9 Å². The number of carboxylic acids is 2. The Morgan fingerprint density at radius 1 is 0.560 bits per heavy atom. The maximum Gasteiger partial charge on any atom is 0.490 e. The molecule has 3 saturated heterocycles. The largest absolute Gasteiger partial charge is 0.490 e. The number of carbonyl (C=O) groups is 3. The van der Waals surface area contributed by atoms with Crippen LogP contribution < -0.4 is 5.48 Å². The molecule has 0 saturated carbocycles. The quantitative estimate of drug-likeness (QED) is 0.0708. The van der Waals surface area contributed by atoms with Gasteiger partial charge in [-0.15, -0.1) is 0 Å². The minimum absolute atomic E-state index is 0.0134. The number of ether oxygens (including phenoxy) is 1. The van der Waals surface area contributed by atoms with Gasteiger partial charge >= 0.3 is 30.5 Å². The summed E-state index contributed by atoms with van der Waals surface area (Å²) in [5, 5.41) is 17.1. The van der Waals surface area contributed by atoms with Crippen LogP contribution in [0.3, 0.4) is 0 Å². The number of hydroxylamine groups is 1. The first-order valence-corrected chi connectivity index (χ1v) is 30.4. The Bertz CT molecular complexity index is 3030. The number of nitrogens with one attached hydrogen (secondary N) is 1. The first kappa shape index (κ1) is 69.2. The highest BCUT2D eigenvalue weighted by Crippen LogP contribution is 2.41. The third-order valence-electron chi connectivity index (χ3n) is 15.3. The van der Waals surface area contributed by atoms with Crippen LogP contribution in [-0.2, 0) is 56.5 Å². The van der Waals surface area contributed by atoms with E-state index in [2.05, 4.69) is 36.1 Å². The second-order valence-corrected chi connectivity index (χ2v) is 27.7. The van der Waals surface area contributed by atoms with E-state index in [4.69, 9.17) is 19.5 Å². The lowest BCUT2D eigenvalue weighted by Crippen LogP contribution is -2.60. The van der Waals surface area contributed by atoms with Crippen molar-refractivity contribution in [3.8, 4) is 22.3 Å². The van der Waals surface area contributed by atoms with Crippen LogP contribution in [0.4, 0.5) is 39.5 Å². The molecule has 84 heavy (non-hydrogen) atoms. The number of benzene rings is 4. The minimum Gasteiger partial charge on any atom is -0.480 e. The van der Waals surface area contributed by atoms with E-state index in [1.807, 2.05) is 32.9 Å². The Morgan fingerprint density at radius 2 is 0.893 bits per heavy atom. The van der Waals surface area contributed by atoms with Gasteiger partial charge in [0.2, 0.25) is 0 Å². The van der Waals surface area contributed by atoms with Crippen LogP contribution >= 0.6 is 0 Å². The van der Waals surface area contributed by atoms with Crippen molar-refractivity contribution in [2.75, 3.05) is 32.8 Å². The van der Waals surface area contributed by atoms with Crippen LogP contribution in [0.25, 0.3) is 22.3 Å². The molecule has 1 unspecified atom stereocenters. The van der Waals surface area contributed by atoms with E-state index in [0.29, 0.717) is 52.0 Å². The lowest BCUT2D eigenvalue weighted by atomic mass is 9.91. The normalized spacial score (nSPS) is 18.3. The molecule has 3 aliphatic rings. The monoisotopic (exact) mass is 1240 g/mol. The Labute approximate surface area is 484 Å². The third kappa shape index (κ3) is 18.5. The molecule has 3 fully saturated rings. The SMILES string of the molecule is CC(C)(C)N1CCC(C(=O)NOC2CCCCO2)(S(=O)(=O)c2ccc(-c3ccc(CCCC(F)(F)F)cc3)cc2)CC1.CC(C)(C)N1CCC(C(=O)O)(S(=O)(=O)c2ccc(-c3ccc(CCCC(F)(F)F)cc3)cc2)CC1.O=C(O)C(F)(F)F. The maximum atomic E-state index is 14.2. The number of rotatable bonds is 16. The Hall–Kier alpha value is -5.60. The highest BCUT2D eigenvalue weighted by atomic mass is 32.2. The lowest BCUT2D eigenvalue weighted by Gasteiger charge is -2.45. The van der Waals surface area contributed by atoms with Gasteiger partial charge in [-0.25, -0.2) is 31.9 Å². The molecular weight excluding hydrogens is 1160 g/mol. The molecule has 1 amide bonds. The molecule has 0 aliphatic carbocycles. The molecule has 3 N–H and O–H groups in total. The molecule has 1 atom stereocenters. The summed E-state index contributed by atoms with van der Waals surface area (Å²) in [6.45, 7) is 14.4. The number of alkyl halides is 9. The summed E-state index contributed by atoms with van der Waals surface area (Å²) in [5.74, 6) is -4.76. The number of piperidine rings is 2. The number of nitrogens with zero attached hydrogens (tertiary/aromatic N) is 2. The molecule has 3 aliphatic heterocycles. The molecule has 3 heterocycles. The fourth-order valence-electron chi connectivity index (χ4n) is 10.1. The van der Waals surface area contributed by atoms with Gasteiger partial charge in [0.15, 0.2) is 35.5 Å². The Morgan fingerprint density at radius 3 is 1.19 bits per heavy atom. The number of amides is 1. The molecular formula is C59H74F9N3O11S2. The second kappa shape index (κ2) is 27.8. The molecule has 4 aromatic carbocycles. The van der Waals surface area contributed by atoms with E-state index in [1.54, 1.807) is 60.7 Å². The number of likely N-dealkylation sites (tertiary alicyclic amines) is 2. The average molecular weight is 1240 g/mol. The molecule has 4 aromatic rings. The van der Waals surface area contributed by atoms with Gasteiger partial charge in [-0.1, -0.05) is 72.8 Å². The van der Waals surface area contributed by atoms with Crippen molar-refractivity contribution < 1.29 is 90.5 Å². The zero-order valence-electron chi connectivity index (χ0n) is 47.7. The summed E-state index contributed by atoms with van der Waals surface area (Å²) in [5.41, 5.74) is 6.78. The molecule has 7 rings (SSSR count). The standard InChI is InChI=1S/C31H41F3N2O5S.C26H32F3NO4S.C2HF3O2/c1-29(2,3)36-20-18-30(19-21-36,28(37)35-41-27-8-4-5-22-40-27)42(38,39)26-15-13-25(14-16-26)24-11-9-23(10-12-24)7-6-17-31(32,33)34;1-24(2,3)30-17-15-25(16-18-30,23(31)32)35(33,34)22-12-10-21(11-13-22)20-8-6-19(7-9-20)5-4-14-26(27,28)29;3-2(4,5)1(6)7/h9-16,27H,4-8,17-22H2,1-3H3,(H,35,37);6-13H,4-5,14-18H2,1-3H3,(H,31,32);(H,6,7). The average Bonchev–Trinajstić information content (AvgIpc) is 1.65. The van der Waals surface area contributed by atoms with Crippen molar-refractivity contribution >= 4 is 37.5 Å². The number of aryl methyl sites for hydroxylation is 2. The van der Waals surface area contributed by atoms with Gasteiger partial charge in [0.25, 0.3) is 5.91 Å². The van der Waals surface area contributed by atoms with Crippen LogP contribution in [0.1, 0.15) is 123 Å². The van der Waals surface area contributed by atoms with E-state index in [0.717, 1.165) is 46.2 Å². The fourth-order valence-corrected chi connectivity index (χ4v) is 14.0. The number of carbonyl (C=O) groups excluding carboxylic acids is 1. The van der Waals surface area contributed by atoms with E-state index in [-0.39, 0.29) is 59.4 Å². The zero-order chi connectivity index (χ0) is 62.7. The zero-order valence-corrected chi connectivity index (χ0v) is 49.4. The molecule has 0 bridgehead atoms. The van der Waals surface area contributed by atoms with Gasteiger partial charge in [-0.2, -0.15) is 39.5 Å². The first-order valence-electron chi connectivity index (χ1n) is 27.4. The summed E-state index contributed by atoms with van der Waals surface area (Å²) in [7, 11) is -8.26. The number of hydrogen-bond donors (Lipinski definition) is 3. The van der Waals surface area contributed by atoms with Crippen LogP contribution in [-0.4, -0.2) is 133 Å². The lowest BCUT2D eigenvalue weighted by molar-refractivity contribution is -0.202. The van der Waals surface area contributed by atoms with E-state index in [1.165, 1.54) is 24.3 Å². The van der Waals surface area contributed by atoms with Crippen molar-refractivity contribution in [2.24, 2.45) is 0 Å². The summed E-state index contributed by atoms with van der Waals surface area (Å²) in [6, 6.07) is 26.8. The van der Waals surface area contributed by atoms with Gasteiger partial charge in [0, 0.05) is 63.1 Å². The van der Waals surface area contributed by atoms with Crippen LogP contribution in [0, 0.1) is 0 Å². The summed E-state index contributed by atoms with van der Waals surface area (Å²) in [4.78, 5) is 44.6. The topological polar surface area (TPSA) is 197 Å². The number of sulfone groups is 2. The fraction of sp³-hybridized carbons (Fsp3) is 0.542. The van der Waals surface area contributed by atoms with Gasteiger partial charge in [-0.05, 0) is 163 Å².